The van der Waals surface area contributed by atoms with E-state index in [1.807, 2.05) is 24.3 Å². The SMILES string of the molecule is O=C(O)CCC=CC[C@@H]1CO[C@H](C2=COc3c(Cl)cc(Cl)cc3C2Cl)O[C@@H]1c1ccccc1O. The number of alkyl halides is 1. The second-order valence-corrected chi connectivity index (χ2v) is 9.36. The average molecular weight is 526 g/mol. The Morgan fingerprint density at radius 2 is 1.94 bits per heavy atom. The van der Waals surface area contributed by atoms with Crippen molar-refractivity contribution in [2.75, 3.05) is 6.61 Å². The standard InChI is InChI=1S/C25H23Cl3O6/c26-15-10-17-22(28)18(13-32-24(17)19(27)11-15)25-33-12-14(6-2-1-3-9-21(30)31)23(34-25)16-7-4-5-8-20(16)29/h1-2,4-5,7-8,10-11,13-14,22-23,25,29H,3,6,9,12H2,(H,30,31)/t14-,22?,23+,25+/m1/s1. The number of allylic oxidation sites excluding steroid dienone is 2. The molecule has 1 saturated heterocycles. The predicted molar refractivity (Wildman–Crippen MR) is 130 cm³/mol. The highest BCUT2D eigenvalue weighted by molar-refractivity contribution is 6.36. The largest absolute Gasteiger partial charge is 0.508 e. The lowest BCUT2D eigenvalue weighted by molar-refractivity contribution is -0.222. The Bertz CT molecular complexity index is 1120. The van der Waals surface area contributed by atoms with Gasteiger partial charge in [-0.25, -0.2) is 0 Å². The summed E-state index contributed by atoms with van der Waals surface area (Å²) in [5, 5.41) is 19.5. The third-order valence-corrected chi connectivity index (χ3v) is 6.71. The van der Waals surface area contributed by atoms with E-state index in [4.69, 9.17) is 54.1 Å². The Morgan fingerprint density at radius 1 is 1.15 bits per heavy atom. The lowest BCUT2D eigenvalue weighted by atomic mass is 9.91. The van der Waals surface area contributed by atoms with Gasteiger partial charge in [0.1, 0.15) is 11.5 Å². The van der Waals surface area contributed by atoms with Crippen molar-refractivity contribution in [1.29, 1.82) is 0 Å². The molecule has 0 amide bonds. The molecule has 0 radical (unpaired) electrons. The van der Waals surface area contributed by atoms with E-state index >= 15 is 0 Å². The number of phenolic OH excluding ortho intramolecular Hbond substituents is 1. The molecule has 0 saturated carbocycles. The monoisotopic (exact) mass is 524 g/mol. The van der Waals surface area contributed by atoms with Crippen LogP contribution in [0.1, 0.15) is 41.9 Å². The molecule has 2 aliphatic rings. The number of carboxylic acids is 1. The Morgan fingerprint density at radius 3 is 2.71 bits per heavy atom. The molecule has 0 aliphatic carbocycles. The van der Waals surface area contributed by atoms with E-state index in [1.54, 1.807) is 24.3 Å². The first-order valence-electron chi connectivity index (χ1n) is 10.8. The van der Waals surface area contributed by atoms with E-state index < -0.39 is 23.7 Å². The minimum absolute atomic E-state index is 0.0694. The summed E-state index contributed by atoms with van der Waals surface area (Å²) in [5.41, 5.74) is 1.81. The summed E-state index contributed by atoms with van der Waals surface area (Å²) in [7, 11) is 0. The van der Waals surface area contributed by atoms with Crippen LogP contribution in [0, 0.1) is 5.92 Å². The van der Waals surface area contributed by atoms with Crippen molar-refractivity contribution < 1.29 is 29.2 Å². The molecule has 4 atom stereocenters. The summed E-state index contributed by atoms with van der Waals surface area (Å²) < 4.78 is 18.1. The van der Waals surface area contributed by atoms with E-state index in [2.05, 4.69) is 0 Å². The minimum atomic E-state index is -0.841. The van der Waals surface area contributed by atoms with Crippen molar-refractivity contribution in [1.82, 2.24) is 0 Å². The fourth-order valence-electron chi connectivity index (χ4n) is 4.03. The number of fused-ring (bicyclic) bond motifs is 1. The van der Waals surface area contributed by atoms with Gasteiger partial charge in [0.25, 0.3) is 0 Å². The Labute approximate surface area is 212 Å². The molecule has 1 unspecified atom stereocenters. The zero-order chi connectivity index (χ0) is 24.2. The van der Waals surface area contributed by atoms with Gasteiger partial charge in [0.05, 0.1) is 29.4 Å². The zero-order valence-corrected chi connectivity index (χ0v) is 20.3. The number of carboxylic acid groups (broad SMARTS) is 1. The fourth-order valence-corrected chi connectivity index (χ4v) is 4.90. The molecule has 0 aromatic heterocycles. The van der Waals surface area contributed by atoms with Crippen molar-refractivity contribution >= 4 is 40.8 Å². The van der Waals surface area contributed by atoms with Gasteiger partial charge in [-0.15, -0.1) is 11.6 Å². The van der Waals surface area contributed by atoms with E-state index in [1.165, 1.54) is 6.26 Å². The highest BCUT2D eigenvalue weighted by Crippen LogP contribution is 2.48. The van der Waals surface area contributed by atoms with Crippen molar-refractivity contribution in [3.8, 4) is 11.5 Å². The van der Waals surface area contributed by atoms with Gasteiger partial charge < -0.3 is 24.4 Å². The molecule has 6 nitrogen and oxygen atoms in total. The van der Waals surface area contributed by atoms with Crippen molar-refractivity contribution in [2.45, 2.75) is 37.0 Å². The molecular weight excluding hydrogens is 503 g/mol. The van der Waals surface area contributed by atoms with Crippen LogP contribution in [0.15, 0.2) is 60.4 Å². The van der Waals surface area contributed by atoms with E-state index in [9.17, 15) is 9.90 Å². The number of rotatable bonds is 7. The van der Waals surface area contributed by atoms with Gasteiger partial charge in [0, 0.05) is 34.1 Å². The lowest BCUT2D eigenvalue weighted by Gasteiger charge is -2.39. The summed E-state index contributed by atoms with van der Waals surface area (Å²) in [5.74, 6) is -0.396. The zero-order valence-electron chi connectivity index (χ0n) is 18.0. The lowest BCUT2D eigenvalue weighted by Crippen LogP contribution is -2.37. The van der Waals surface area contributed by atoms with Crippen LogP contribution in [0.3, 0.4) is 0 Å². The van der Waals surface area contributed by atoms with Gasteiger partial charge in [-0.1, -0.05) is 53.6 Å². The third-order valence-electron chi connectivity index (χ3n) is 5.72. The number of halogens is 3. The maximum Gasteiger partial charge on any atom is 0.303 e. The molecule has 34 heavy (non-hydrogen) atoms. The Hall–Kier alpha value is -2.22. The van der Waals surface area contributed by atoms with Crippen LogP contribution in [0.5, 0.6) is 11.5 Å². The van der Waals surface area contributed by atoms with Crippen LogP contribution >= 0.6 is 34.8 Å². The molecule has 0 bridgehead atoms. The van der Waals surface area contributed by atoms with Gasteiger partial charge in [0.2, 0.25) is 0 Å². The molecular formula is C25H23Cl3O6. The van der Waals surface area contributed by atoms with Crippen LogP contribution in [-0.4, -0.2) is 29.1 Å². The normalized spacial score (nSPS) is 24.4. The number of aromatic hydroxyl groups is 1. The summed E-state index contributed by atoms with van der Waals surface area (Å²) in [6.07, 6.45) is 5.03. The van der Waals surface area contributed by atoms with Gasteiger partial charge in [-0.2, -0.15) is 0 Å². The van der Waals surface area contributed by atoms with Gasteiger partial charge in [-0.05, 0) is 31.0 Å². The van der Waals surface area contributed by atoms with E-state index in [0.717, 1.165) is 0 Å². The highest BCUT2D eigenvalue weighted by atomic mass is 35.5. The summed E-state index contributed by atoms with van der Waals surface area (Å²) in [4.78, 5) is 10.7. The smallest absolute Gasteiger partial charge is 0.303 e. The number of aliphatic carboxylic acids is 1. The Kier molecular flexibility index (Phi) is 8.06. The maximum atomic E-state index is 10.7. The Balaban J connectivity index is 1.55. The fraction of sp³-hybridized carbons (Fsp3) is 0.320. The quantitative estimate of drug-likeness (QED) is 0.305. The molecule has 4 rings (SSSR count). The van der Waals surface area contributed by atoms with Crippen molar-refractivity contribution in [3.05, 3.63) is 81.6 Å². The third kappa shape index (κ3) is 5.53. The first kappa shape index (κ1) is 24.9. The number of phenols is 1. The molecule has 2 aliphatic heterocycles. The molecule has 180 valence electrons. The number of benzene rings is 2. The van der Waals surface area contributed by atoms with Crippen molar-refractivity contribution in [3.63, 3.8) is 0 Å². The predicted octanol–water partition coefficient (Wildman–Crippen LogP) is 6.80. The van der Waals surface area contributed by atoms with Crippen LogP contribution in [0.4, 0.5) is 0 Å². The van der Waals surface area contributed by atoms with Crippen LogP contribution in [0.2, 0.25) is 10.0 Å². The molecule has 2 aromatic rings. The number of hydrogen-bond donors (Lipinski definition) is 2. The second kappa shape index (κ2) is 11.0. The topological polar surface area (TPSA) is 85.2 Å². The van der Waals surface area contributed by atoms with Gasteiger partial charge in [0.15, 0.2) is 6.29 Å². The van der Waals surface area contributed by atoms with Crippen LogP contribution < -0.4 is 4.74 Å². The highest BCUT2D eigenvalue weighted by Gasteiger charge is 2.39. The van der Waals surface area contributed by atoms with E-state index in [-0.39, 0.29) is 18.1 Å². The summed E-state index contributed by atoms with van der Waals surface area (Å²) in [6, 6.07) is 10.3. The molecule has 2 aromatic carbocycles. The summed E-state index contributed by atoms with van der Waals surface area (Å²) >= 11 is 19.2. The van der Waals surface area contributed by atoms with Crippen LogP contribution in [-0.2, 0) is 14.3 Å². The maximum absolute atomic E-state index is 10.7. The van der Waals surface area contributed by atoms with Crippen LogP contribution in [0.25, 0.3) is 0 Å². The number of hydrogen-bond acceptors (Lipinski definition) is 5. The first-order chi connectivity index (χ1) is 16.3. The minimum Gasteiger partial charge on any atom is -0.508 e. The molecule has 1 fully saturated rings. The van der Waals surface area contributed by atoms with Gasteiger partial charge in [-0.3, -0.25) is 4.79 Å². The number of carbonyl (C=O) groups is 1. The average Bonchev–Trinajstić information content (AvgIpc) is 2.80. The second-order valence-electron chi connectivity index (χ2n) is 8.08. The van der Waals surface area contributed by atoms with Gasteiger partial charge >= 0.3 is 5.97 Å². The van der Waals surface area contributed by atoms with E-state index in [0.29, 0.717) is 51.9 Å². The van der Waals surface area contributed by atoms with Crippen molar-refractivity contribution in [2.24, 2.45) is 5.92 Å². The molecule has 2 N–H and O–H groups in total. The number of para-hydroxylation sites is 1. The molecule has 9 heteroatoms. The first-order valence-corrected chi connectivity index (χ1v) is 12.0. The molecule has 2 heterocycles. The summed E-state index contributed by atoms with van der Waals surface area (Å²) in [6.45, 7) is 0.330. The molecule has 0 spiro atoms. The number of ether oxygens (including phenoxy) is 3.